The molecular weight excluding hydrogens is 372 g/mol. The molecular formula is C15H22BrClN2O3. The van der Waals surface area contributed by atoms with Gasteiger partial charge >= 0.3 is 0 Å². The van der Waals surface area contributed by atoms with Crippen LogP contribution in [0.4, 0.5) is 0 Å². The fourth-order valence-electron chi connectivity index (χ4n) is 2.41. The van der Waals surface area contributed by atoms with E-state index in [0.29, 0.717) is 18.0 Å². The van der Waals surface area contributed by atoms with Crippen molar-refractivity contribution in [2.75, 3.05) is 20.8 Å². The Bertz CT molecular complexity index is 508. The summed E-state index contributed by atoms with van der Waals surface area (Å²) in [5.41, 5.74) is 0.955. The minimum Gasteiger partial charge on any atom is -0.493 e. The van der Waals surface area contributed by atoms with Crippen LogP contribution in [0.3, 0.4) is 0 Å². The predicted octanol–water partition coefficient (Wildman–Crippen LogP) is 2.65. The zero-order valence-corrected chi connectivity index (χ0v) is 15.2. The molecule has 1 aromatic rings. The number of hydrogen-bond acceptors (Lipinski definition) is 4. The van der Waals surface area contributed by atoms with E-state index in [1.165, 1.54) is 0 Å². The topological polar surface area (TPSA) is 59.6 Å². The van der Waals surface area contributed by atoms with Crippen molar-refractivity contribution in [2.45, 2.75) is 31.8 Å². The van der Waals surface area contributed by atoms with Crippen molar-refractivity contribution in [3.8, 4) is 11.5 Å². The molecule has 7 heteroatoms. The molecule has 0 saturated carbocycles. The molecule has 0 aliphatic carbocycles. The Kier molecular flexibility index (Phi) is 8.00. The van der Waals surface area contributed by atoms with E-state index < -0.39 is 0 Å². The maximum Gasteiger partial charge on any atom is 0.237 e. The van der Waals surface area contributed by atoms with E-state index in [-0.39, 0.29) is 24.4 Å². The second-order valence-electron chi connectivity index (χ2n) is 5.02. The minimum atomic E-state index is -0.0716. The second kappa shape index (κ2) is 9.22. The molecule has 2 rings (SSSR count). The van der Waals surface area contributed by atoms with Gasteiger partial charge in [0.05, 0.1) is 20.3 Å². The highest BCUT2D eigenvalue weighted by molar-refractivity contribution is 9.10. The summed E-state index contributed by atoms with van der Waals surface area (Å²) in [6, 6.07) is 3.65. The molecule has 1 amide bonds. The van der Waals surface area contributed by atoms with Crippen LogP contribution in [0.1, 0.15) is 24.8 Å². The van der Waals surface area contributed by atoms with Gasteiger partial charge in [0, 0.05) is 11.0 Å². The minimum absolute atomic E-state index is 0. The number of ether oxygens (including phenoxy) is 2. The lowest BCUT2D eigenvalue weighted by Gasteiger charge is -2.22. The number of nitrogens with one attached hydrogen (secondary N) is 2. The van der Waals surface area contributed by atoms with E-state index in [2.05, 4.69) is 26.6 Å². The van der Waals surface area contributed by atoms with Gasteiger partial charge in [-0.15, -0.1) is 12.4 Å². The average Bonchev–Trinajstić information content (AvgIpc) is 2.53. The molecule has 0 spiro atoms. The first-order chi connectivity index (χ1) is 10.2. The molecule has 1 aliphatic rings. The molecule has 1 atom stereocenters. The molecule has 22 heavy (non-hydrogen) atoms. The molecule has 124 valence electrons. The second-order valence-corrected chi connectivity index (χ2v) is 5.87. The van der Waals surface area contributed by atoms with Crippen LogP contribution in [0, 0.1) is 0 Å². The van der Waals surface area contributed by atoms with Gasteiger partial charge in [-0.25, -0.2) is 0 Å². The standard InChI is InChI=1S/C15H21BrN2O3.ClH/c1-20-13-7-10(11(16)8-14(13)21-2)9-18-15(19)12-5-3-4-6-17-12;/h7-8,12,17H,3-6,9H2,1-2H3,(H,18,19);1H. The van der Waals surface area contributed by atoms with Gasteiger partial charge in [0.15, 0.2) is 11.5 Å². The number of halogens is 2. The summed E-state index contributed by atoms with van der Waals surface area (Å²) in [6.45, 7) is 1.37. The molecule has 5 nitrogen and oxygen atoms in total. The van der Waals surface area contributed by atoms with Crippen molar-refractivity contribution in [2.24, 2.45) is 0 Å². The van der Waals surface area contributed by atoms with Crippen LogP contribution in [-0.2, 0) is 11.3 Å². The molecule has 0 bridgehead atoms. The third-order valence-electron chi connectivity index (χ3n) is 3.63. The Morgan fingerprint density at radius 3 is 2.59 bits per heavy atom. The van der Waals surface area contributed by atoms with Crippen molar-refractivity contribution in [3.63, 3.8) is 0 Å². The fourth-order valence-corrected chi connectivity index (χ4v) is 2.88. The molecule has 2 N–H and O–H groups in total. The zero-order chi connectivity index (χ0) is 15.2. The Hall–Kier alpha value is -0.980. The molecule has 1 unspecified atom stereocenters. The number of benzene rings is 1. The Balaban J connectivity index is 0.00000242. The molecule has 1 fully saturated rings. The summed E-state index contributed by atoms with van der Waals surface area (Å²) in [5, 5.41) is 6.21. The van der Waals surface area contributed by atoms with Gasteiger partial charge in [-0.05, 0) is 37.1 Å². The summed E-state index contributed by atoms with van der Waals surface area (Å²) in [7, 11) is 3.19. The monoisotopic (exact) mass is 392 g/mol. The van der Waals surface area contributed by atoms with Crippen LogP contribution in [-0.4, -0.2) is 32.7 Å². The van der Waals surface area contributed by atoms with Crippen LogP contribution in [0.15, 0.2) is 16.6 Å². The van der Waals surface area contributed by atoms with Gasteiger partial charge in [-0.3, -0.25) is 4.79 Å². The largest absolute Gasteiger partial charge is 0.493 e. The summed E-state index contributed by atoms with van der Waals surface area (Å²) < 4.78 is 11.4. The molecule has 1 aromatic carbocycles. The Labute approximate surface area is 145 Å². The molecule has 1 aliphatic heterocycles. The predicted molar refractivity (Wildman–Crippen MR) is 92.0 cm³/mol. The number of methoxy groups -OCH3 is 2. The van der Waals surface area contributed by atoms with Crippen molar-refractivity contribution < 1.29 is 14.3 Å². The van der Waals surface area contributed by atoms with E-state index in [1.54, 1.807) is 14.2 Å². The zero-order valence-electron chi connectivity index (χ0n) is 12.8. The number of hydrogen-bond donors (Lipinski definition) is 2. The first-order valence-electron chi connectivity index (χ1n) is 7.07. The summed E-state index contributed by atoms with van der Waals surface area (Å²) in [4.78, 5) is 12.1. The smallest absolute Gasteiger partial charge is 0.237 e. The number of rotatable bonds is 5. The quantitative estimate of drug-likeness (QED) is 0.807. The number of carbonyl (C=O) groups excluding carboxylic acids is 1. The van der Waals surface area contributed by atoms with E-state index in [0.717, 1.165) is 35.8 Å². The van der Waals surface area contributed by atoms with Gasteiger partial charge in [0.25, 0.3) is 0 Å². The average molecular weight is 394 g/mol. The van der Waals surface area contributed by atoms with Gasteiger partial charge in [-0.1, -0.05) is 22.4 Å². The van der Waals surface area contributed by atoms with E-state index in [4.69, 9.17) is 9.47 Å². The van der Waals surface area contributed by atoms with E-state index >= 15 is 0 Å². The molecule has 1 saturated heterocycles. The fraction of sp³-hybridized carbons (Fsp3) is 0.533. The van der Waals surface area contributed by atoms with Crippen molar-refractivity contribution in [3.05, 3.63) is 22.2 Å². The third-order valence-corrected chi connectivity index (χ3v) is 4.37. The first-order valence-corrected chi connectivity index (χ1v) is 7.86. The maximum absolute atomic E-state index is 12.1. The molecule has 0 radical (unpaired) electrons. The number of amides is 1. The summed E-state index contributed by atoms with van der Waals surface area (Å²) >= 11 is 3.49. The maximum atomic E-state index is 12.1. The third kappa shape index (κ3) is 4.76. The van der Waals surface area contributed by atoms with Crippen LogP contribution in [0.5, 0.6) is 11.5 Å². The lowest BCUT2D eigenvalue weighted by Crippen LogP contribution is -2.46. The first kappa shape index (κ1) is 19.1. The van der Waals surface area contributed by atoms with Gasteiger partial charge in [-0.2, -0.15) is 0 Å². The van der Waals surface area contributed by atoms with Gasteiger partial charge in [0.2, 0.25) is 5.91 Å². The van der Waals surface area contributed by atoms with E-state index in [9.17, 15) is 4.79 Å². The summed E-state index contributed by atoms with van der Waals surface area (Å²) in [5.74, 6) is 1.37. The van der Waals surface area contributed by atoms with Crippen molar-refractivity contribution in [1.29, 1.82) is 0 Å². The van der Waals surface area contributed by atoms with Gasteiger partial charge < -0.3 is 20.1 Å². The highest BCUT2D eigenvalue weighted by Crippen LogP contribution is 2.33. The van der Waals surface area contributed by atoms with Gasteiger partial charge in [0.1, 0.15) is 0 Å². The number of piperidine rings is 1. The van der Waals surface area contributed by atoms with Crippen molar-refractivity contribution in [1.82, 2.24) is 10.6 Å². The summed E-state index contributed by atoms with van der Waals surface area (Å²) in [6.07, 6.45) is 3.15. The lowest BCUT2D eigenvalue weighted by molar-refractivity contribution is -0.123. The molecule has 1 heterocycles. The SMILES string of the molecule is COc1cc(Br)c(CNC(=O)C2CCCCN2)cc1OC.Cl. The van der Waals surface area contributed by atoms with Crippen molar-refractivity contribution >= 4 is 34.2 Å². The highest BCUT2D eigenvalue weighted by atomic mass is 79.9. The number of carbonyl (C=O) groups is 1. The Morgan fingerprint density at radius 2 is 2.00 bits per heavy atom. The van der Waals surface area contributed by atoms with E-state index in [1.807, 2.05) is 12.1 Å². The molecule has 0 aromatic heterocycles. The van der Waals surface area contributed by atoms with Crippen LogP contribution >= 0.6 is 28.3 Å². The lowest BCUT2D eigenvalue weighted by atomic mass is 10.0. The van der Waals surface area contributed by atoms with Crippen LogP contribution < -0.4 is 20.1 Å². The highest BCUT2D eigenvalue weighted by Gasteiger charge is 2.20. The Morgan fingerprint density at radius 1 is 1.32 bits per heavy atom. The van der Waals surface area contributed by atoms with Crippen LogP contribution in [0.25, 0.3) is 0 Å². The normalized spacial score (nSPS) is 17.3. The van der Waals surface area contributed by atoms with Crippen LogP contribution in [0.2, 0.25) is 0 Å².